The molecule has 1 fully saturated rings. The van der Waals surface area contributed by atoms with Crippen molar-refractivity contribution in [3.63, 3.8) is 0 Å². The van der Waals surface area contributed by atoms with E-state index < -0.39 is 0 Å². The van der Waals surface area contributed by atoms with E-state index in [0.29, 0.717) is 13.0 Å². The van der Waals surface area contributed by atoms with E-state index in [1.807, 2.05) is 25.1 Å². The lowest BCUT2D eigenvalue weighted by atomic mass is 9.96. The zero-order valence-electron chi connectivity index (χ0n) is 13.6. The van der Waals surface area contributed by atoms with E-state index in [1.165, 1.54) is 0 Å². The minimum atomic E-state index is 0.0425. The molecule has 1 saturated heterocycles. The van der Waals surface area contributed by atoms with E-state index in [-0.39, 0.29) is 17.9 Å². The molecule has 2 atom stereocenters. The standard InChI is InChI=1S/C17H25NO4/c1-12(9-17(19)18-11-14-5-4-8-22-14)15-7-6-13(20-2)10-16(15)21-3/h6-7,10,12,14H,4-5,8-9,11H2,1-3H3,(H,18,19). The predicted molar refractivity (Wildman–Crippen MR) is 84.6 cm³/mol. The van der Waals surface area contributed by atoms with E-state index >= 15 is 0 Å². The second-order valence-electron chi connectivity index (χ2n) is 5.65. The molecule has 0 aromatic heterocycles. The molecule has 1 amide bonds. The normalized spacial score (nSPS) is 18.8. The van der Waals surface area contributed by atoms with Gasteiger partial charge in [-0.25, -0.2) is 0 Å². The van der Waals surface area contributed by atoms with Crippen LogP contribution in [0.5, 0.6) is 11.5 Å². The first-order valence-electron chi connectivity index (χ1n) is 7.74. The van der Waals surface area contributed by atoms with Gasteiger partial charge in [0.15, 0.2) is 0 Å². The highest BCUT2D eigenvalue weighted by Crippen LogP contribution is 2.32. The van der Waals surface area contributed by atoms with E-state index in [9.17, 15) is 4.79 Å². The van der Waals surface area contributed by atoms with E-state index in [2.05, 4.69) is 5.32 Å². The van der Waals surface area contributed by atoms with Crippen molar-refractivity contribution < 1.29 is 19.0 Å². The van der Waals surface area contributed by atoms with Gasteiger partial charge in [-0.1, -0.05) is 13.0 Å². The van der Waals surface area contributed by atoms with Gasteiger partial charge in [0.1, 0.15) is 11.5 Å². The fourth-order valence-corrected chi connectivity index (χ4v) is 2.72. The summed E-state index contributed by atoms with van der Waals surface area (Å²) in [5.41, 5.74) is 1.01. The Kier molecular flexibility index (Phi) is 6.07. The molecule has 2 unspecified atom stereocenters. The van der Waals surface area contributed by atoms with Crippen molar-refractivity contribution in [2.75, 3.05) is 27.4 Å². The van der Waals surface area contributed by atoms with Crippen molar-refractivity contribution >= 4 is 5.91 Å². The molecule has 1 aromatic carbocycles. The van der Waals surface area contributed by atoms with Gasteiger partial charge in [-0.15, -0.1) is 0 Å². The van der Waals surface area contributed by atoms with Crippen molar-refractivity contribution in [1.29, 1.82) is 0 Å². The third-order valence-corrected chi connectivity index (χ3v) is 4.01. The summed E-state index contributed by atoms with van der Waals surface area (Å²) in [7, 11) is 3.25. The second-order valence-corrected chi connectivity index (χ2v) is 5.65. The first kappa shape index (κ1) is 16.6. The van der Waals surface area contributed by atoms with Crippen LogP contribution in [0.1, 0.15) is 37.7 Å². The van der Waals surface area contributed by atoms with Gasteiger partial charge in [0.25, 0.3) is 0 Å². The number of ether oxygens (including phenoxy) is 3. The van der Waals surface area contributed by atoms with Crippen LogP contribution in [0.4, 0.5) is 0 Å². The molecule has 5 heteroatoms. The van der Waals surface area contributed by atoms with Crippen LogP contribution in [-0.2, 0) is 9.53 Å². The van der Waals surface area contributed by atoms with Gasteiger partial charge in [-0.2, -0.15) is 0 Å². The summed E-state index contributed by atoms with van der Waals surface area (Å²) in [5.74, 6) is 1.61. The summed E-state index contributed by atoms with van der Waals surface area (Å²) in [4.78, 5) is 12.1. The van der Waals surface area contributed by atoms with E-state index in [1.54, 1.807) is 14.2 Å². The Bertz CT molecular complexity index is 497. The van der Waals surface area contributed by atoms with Crippen molar-refractivity contribution in [1.82, 2.24) is 5.32 Å². The largest absolute Gasteiger partial charge is 0.497 e. The highest BCUT2D eigenvalue weighted by Gasteiger charge is 2.19. The molecule has 1 aromatic rings. The lowest BCUT2D eigenvalue weighted by molar-refractivity contribution is -0.121. The number of hydrogen-bond acceptors (Lipinski definition) is 4. The Labute approximate surface area is 131 Å². The summed E-state index contributed by atoms with van der Waals surface area (Å²) < 4.78 is 16.1. The molecule has 122 valence electrons. The Morgan fingerprint density at radius 1 is 1.41 bits per heavy atom. The summed E-state index contributed by atoms with van der Waals surface area (Å²) >= 11 is 0. The molecule has 5 nitrogen and oxygen atoms in total. The number of nitrogens with one attached hydrogen (secondary N) is 1. The summed E-state index contributed by atoms with van der Waals surface area (Å²) in [6.45, 7) is 3.43. The van der Waals surface area contributed by atoms with Crippen LogP contribution in [0.3, 0.4) is 0 Å². The SMILES string of the molecule is COc1ccc(C(C)CC(=O)NCC2CCCO2)c(OC)c1. The van der Waals surface area contributed by atoms with Crippen LogP contribution in [0.2, 0.25) is 0 Å². The number of carbonyl (C=O) groups is 1. The smallest absolute Gasteiger partial charge is 0.220 e. The van der Waals surface area contributed by atoms with Crippen LogP contribution in [0, 0.1) is 0 Å². The molecule has 0 saturated carbocycles. The summed E-state index contributed by atoms with van der Waals surface area (Å²) in [5, 5.41) is 2.96. The average molecular weight is 307 g/mol. The topological polar surface area (TPSA) is 56.8 Å². The van der Waals surface area contributed by atoms with E-state index in [0.717, 1.165) is 36.5 Å². The molecule has 1 aliphatic heterocycles. The van der Waals surface area contributed by atoms with Gasteiger partial charge >= 0.3 is 0 Å². The maximum Gasteiger partial charge on any atom is 0.220 e. The molecule has 1 N–H and O–H groups in total. The molecular formula is C17H25NO4. The van der Waals surface area contributed by atoms with Crippen molar-refractivity contribution in [2.45, 2.75) is 38.2 Å². The van der Waals surface area contributed by atoms with Gasteiger partial charge in [-0.3, -0.25) is 4.79 Å². The molecule has 0 radical (unpaired) electrons. The lowest BCUT2D eigenvalue weighted by Crippen LogP contribution is -2.32. The number of carbonyl (C=O) groups excluding carboxylic acids is 1. The third-order valence-electron chi connectivity index (χ3n) is 4.01. The number of rotatable bonds is 7. The number of benzene rings is 1. The predicted octanol–water partition coefficient (Wildman–Crippen LogP) is 2.49. The van der Waals surface area contributed by atoms with Crippen LogP contribution >= 0.6 is 0 Å². The van der Waals surface area contributed by atoms with Gasteiger partial charge in [0, 0.05) is 25.6 Å². The van der Waals surface area contributed by atoms with Crippen LogP contribution < -0.4 is 14.8 Å². The minimum absolute atomic E-state index is 0.0425. The fraction of sp³-hybridized carbons (Fsp3) is 0.588. The molecule has 22 heavy (non-hydrogen) atoms. The number of hydrogen-bond donors (Lipinski definition) is 1. The van der Waals surface area contributed by atoms with Crippen LogP contribution in [-0.4, -0.2) is 39.4 Å². The Morgan fingerprint density at radius 2 is 2.23 bits per heavy atom. The Balaban J connectivity index is 1.90. The molecule has 1 aliphatic rings. The highest BCUT2D eigenvalue weighted by molar-refractivity contribution is 5.77. The van der Waals surface area contributed by atoms with Gasteiger partial charge in [0.05, 0.1) is 20.3 Å². The Morgan fingerprint density at radius 3 is 2.86 bits per heavy atom. The molecule has 1 heterocycles. The molecule has 0 bridgehead atoms. The first-order chi connectivity index (χ1) is 10.6. The zero-order chi connectivity index (χ0) is 15.9. The van der Waals surface area contributed by atoms with Gasteiger partial charge < -0.3 is 19.5 Å². The fourth-order valence-electron chi connectivity index (χ4n) is 2.72. The van der Waals surface area contributed by atoms with Gasteiger partial charge in [0.2, 0.25) is 5.91 Å². The number of methoxy groups -OCH3 is 2. The highest BCUT2D eigenvalue weighted by atomic mass is 16.5. The average Bonchev–Trinajstić information content (AvgIpc) is 3.05. The van der Waals surface area contributed by atoms with Gasteiger partial charge in [-0.05, 0) is 30.4 Å². The van der Waals surface area contributed by atoms with Crippen molar-refractivity contribution in [3.05, 3.63) is 23.8 Å². The van der Waals surface area contributed by atoms with Crippen LogP contribution in [0.25, 0.3) is 0 Å². The minimum Gasteiger partial charge on any atom is -0.497 e. The molecule has 0 spiro atoms. The monoisotopic (exact) mass is 307 g/mol. The molecule has 2 rings (SSSR count). The Hall–Kier alpha value is -1.75. The summed E-state index contributed by atoms with van der Waals surface area (Å²) in [6, 6.07) is 5.68. The maximum absolute atomic E-state index is 12.1. The molecular weight excluding hydrogens is 282 g/mol. The maximum atomic E-state index is 12.1. The zero-order valence-corrected chi connectivity index (χ0v) is 13.6. The third kappa shape index (κ3) is 4.37. The lowest BCUT2D eigenvalue weighted by Gasteiger charge is -2.17. The quantitative estimate of drug-likeness (QED) is 0.841. The number of amides is 1. The van der Waals surface area contributed by atoms with Crippen molar-refractivity contribution in [3.8, 4) is 11.5 Å². The van der Waals surface area contributed by atoms with Crippen LogP contribution in [0.15, 0.2) is 18.2 Å². The van der Waals surface area contributed by atoms with Crippen molar-refractivity contribution in [2.24, 2.45) is 0 Å². The summed E-state index contributed by atoms with van der Waals surface area (Å²) in [6.07, 6.45) is 2.71. The second kappa shape index (κ2) is 8.03. The van der Waals surface area contributed by atoms with E-state index in [4.69, 9.17) is 14.2 Å². The molecule has 0 aliphatic carbocycles. The first-order valence-corrected chi connectivity index (χ1v) is 7.74.